The van der Waals surface area contributed by atoms with Gasteiger partial charge in [0.25, 0.3) is 16.4 Å². The number of carbonyl (C=O) groups excluding carboxylic acids is 3. The van der Waals surface area contributed by atoms with Crippen LogP contribution in [0.4, 0.5) is 5.69 Å². The molecule has 0 saturated carbocycles. The van der Waals surface area contributed by atoms with Crippen LogP contribution in [-0.2, 0) is 34.0 Å². The van der Waals surface area contributed by atoms with E-state index >= 15 is 0 Å². The zero-order valence-electron chi connectivity index (χ0n) is 24.7. The minimum absolute atomic E-state index is 0.0666. The SMILES string of the molecule is CCCC(CS)CCC(=O)Nc1cccc(OC(OC(C)=O)C(COC)NC(C)=O)c1.Cc1ccc(S(=O)(=O)O)cc1. The molecule has 3 unspecified atom stereocenters. The fraction of sp³-hybridized carbons (Fsp3) is 0.483. The summed E-state index contributed by atoms with van der Waals surface area (Å²) in [7, 11) is -2.55. The van der Waals surface area contributed by atoms with Crippen LogP contribution in [0.5, 0.6) is 5.75 Å². The van der Waals surface area contributed by atoms with Crippen LogP contribution < -0.4 is 15.4 Å². The van der Waals surface area contributed by atoms with Crippen LogP contribution in [0.25, 0.3) is 0 Å². The second kappa shape index (κ2) is 19.1. The van der Waals surface area contributed by atoms with E-state index in [-0.39, 0.29) is 23.3 Å². The molecule has 0 aliphatic carbocycles. The Morgan fingerprint density at radius 2 is 1.71 bits per heavy atom. The summed E-state index contributed by atoms with van der Waals surface area (Å²) < 4.78 is 45.7. The first-order valence-corrected chi connectivity index (χ1v) is 15.5. The number of benzene rings is 2. The molecule has 2 amide bonds. The molecule has 2 rings (SSSR count). The Morgan fingerprint density at radius 3 is 2.24 bits per heavy atom. The molecule has 13 heteroatoms. The van der Waals surface area contributed by atoms with E-state index in [4.69, 9.17) is 18.8 Å². The number of methoxy groups -OCH3 is 1. The first kappa shape index (κ1) is 36.9. The molecule has 3 atom stereocenters. The third kappa shape index (κ3) is 15.2. The number of carbonyl (C=O) groups is 3. The number of hydrogen-bond donors (Lipinski definition) is 4. The smallest absolute Gasteiger partial charge is 0.305 e. The van der Waals surface area contributed by atoms with E-state index in [2.05, 4.69) is 30.2 Å². The van der Waals surface area contributed by atoms with Crippen LogP contribution in [0, 0.1) is 12.8 Å². The lowest BCUT2D eigenvalue weighted by atomic mass is 10.00. The van der Waals surface area contributed by atoms with Gasteiger partial charge >= 0.3 is 5.97 Å². The largest absolute Gasteiger partial charge is 0.452 e. The van der Waals surface area contributed by atoms with Gasteiger partial charge in [0.1, 0.15) is 11.8 Å². The van der Waals surface area contributed by atoms with Gasteiger partial charge in [-0.3, -0.25) is 18.9 Å². The lowest BCUT2D eigenvalue weighted by molar-refractivity contribution is -0.168. The van der Waals surface area contributed by atoms with E-state index in [0.717, 1.165) is 30.6 Å². The summed E-state index contributed by atoms with van der Waals surface area (Å²) in [5.74, 6) is 0.587. The topological polar surface area (TPSA) is 157 Å². The molecule has 0 heterocycles. The average Bonchev–Trinajstić information content (AvgIpc) is 2.90. The lowest BCUT2D eigenvalue weighted by Crippen LogP contribution is -2.49. The van der Waals surface area contributed by atoms with E-state index in [0.29, 0.717) is 23.8 Å². The Balaban J connectivity index is 0.000000666. The lowest BCUT2D eigenvalue weighted by Gasteiger charge is -2.27. The highest BCUT2D eigenvalue weighted by Crippen LogP contribution is 2.21. The maximum absolute atomic E-state index is 12.3. The van der Waals surface area contributed by atoms with Crippen molar-refractivity contribution in [1.29, 1.82) is 0 Å². The summed E-state index contributed by atoms with van der Waals surface area (Å²) >= 11 is 4.35. The van der Waals surface area contributed by atoms with Gasteiger partial charge in [0, 0.05) is 39.1 Å². The molecule has 0 spiro atoms. The first-order chi connectivity index (χ1) is 19.8. The van der Waals surface area contributed by atoms with Crippen molar-refractivity contribution in [1.82, 2.24) is 5.32 Å². The fourth-order valence-corrected chi connectivity index (χ4v) is 4.61. The standard InChI is InChI=1S/C22H34N2O6S.C7H8O3S/c1-5-7-17(14-31)10-11-21(27)24-18-8-6-9-19(12-18)30-22(29-16(3)26)20(13-28-4)23-15(2)25;1-6-2-4-7(5-3-6)11(8,9)10/h6,8-9,12,17,20,22,31H,5,7,10-11,13-14H2,1-4H3,(H,23,25)(H,24,27);2-5H,1H3,(H,8,9,10). The molecule has 0 aromatic heterocycles. The molecular weight excluding hydrogens is 584 g/mol. The molecule has 2 aromatic rings. The van der Waals surface area contributed by atoms with Crippen molar-refractivity contribution in [2.75, 3.05) is 24.8 Å². The number of thiol groups is 1. The van der Waals surface area contributed by atoms with Crippen molar-refractivity contribution >= 4 is 46.2 Å². The summed E-state index contributed by atoms with van der Waals surface area (Å²) in [6.45, 7) is 6.64. The summed E-state index contributed by atoms with van der Waals surface area (Å²) in [5.41, 5.74) is 1.52. The van der Waals surface area contributed by atoms with E-state index in [1.807, 2.05) is 6.92 Å². The molecule has 0 radical (unpaired) electrons. The number of rotatable bonds is 15. The molecule has 11 nitrogen and oxygen atoms in total. The highest BCUT2D eigenvalue weighted by atomic mass is 32.2. The minimum Gasteiger partial charge on any atom is -0.452 e. The van der Waals surface area contributed by atoms with Crippen molar-refractivity contribution in [2.45, 2.75) is 70.6 Å². The third-order valence-corrected chi connectivity index (χ3v) is 7.15. The summed E-state index contributed by atoms with van der Waals surface area (Å²) in [5, 5.41) is 5.51. The second-order valence-corrected chi connectivity index (χ2v) is 11.4. The Hall–Kier alpha value is -3.13. The van der Waals surface area contributed by atoms with E-state index in [9.17, 15) is 22.8 Å². The summed E-state index contributed by atoms with van der Waals surface area (Å²) in [4.78, 5) is 35.3. The van der Waals surface area contributed by atoms with Gasteiger partial charge in [-0.2, -0.15) is 21.0 Å². The highest BCUT2D eigenvalue weighted by Gasteiger charge is 2.27. The van der Waals surface area contributed by atoms with Crippen molar-refractivity contribution in [3.8, 4) is 5.75 Å². The maximum Gasteiger partial charge on any atom is 0.305 e. The molecule has 0 bridgehead atoms. The Kier molecular flexibility index (Phi) is 16.8. The van der Waals surface area contributed by atoms with Gasteiger partial charge in [0.05, 0.1) is 11.5 Å². The quantitative estimate of drug-likeness (QED) is 0.0973. The number of ether oxygens (including phenoxy) is 3. The summed E-state index contributed by atoms with van der Waals surface area (Å²) in [6, 6.07) is 12.0. The van der Waals surface area contributed by atoms with Gasteiger partial charge in [-0.1, -0.05) is 37.1 Å². The molecule has 0 aliphatic heterocycles. The summed E-state index contributed by atoms with van der Waals surface area (Å²) in [6.07, 6.45) is 2.21. The van der Waals surface area contributed by atoms with Crippen LogP contribution in [-0.4, -0.2) is 62.6 Å². The molecule has 0 fully saturated rings. The first-order valence-electron chi connectivity index (χ1n) is 13.4. The van der Waals surface area contributed by atoms with Gasteiger partial charge in [-0.25, -0.2) is 0 Å². The van der Waals surface area contributed by atoms with Crippen LogP contribution in [0.15, 0.2) is 53.4 Å². The molecule has 0 aliphatic rings. The maximum atomic E-state index is 12.3. The molecule has 3 N–H and O–H groups in total. The monoisotopic (exact) mass is 626 g/mol. The number of esters is 1. The molecular formula is C29H42N2O9S2. The molecule has 234 valence electrons. The molecule has 2 aromatic carbocycles. The normalized spacial score (nSPS) is 13.0. The van der Waals surface area contributed by atoms with Gasteiger partial charge in [0.2, 0.25) is 11.8 Å². The minimum atomic E-state index is -4.02. The van der Waals surface area contributed by atoms with Gasteiger partial charge < -0.3 is 24.8 Å². The molecule has 0 saturated heterocycles. The van der Waals surface area contributed by atoms with E-state index in [1.54, 1.807) is 36.4 Å². The number of amides is 2. The fourth-order valence-electron chi connectivity index (χ4n) is 3.77. The van der Waals surface area contributed by atoms with Crippen LogP contribution >= 0.6 is 12.6 Å². The van der Waals surface area contributed by atoms with Crippen LogP contribution in [0.3, 0.4) is 0 Å². The van der Waals surface area contributed by atoms with Crippen molar-refractivity contribution in [3.63, 3.8) is 0 Å². The predicted octanol–water partition coefficient (Wildman–Crippen LogP) is 4.41. The predicted molar refractivity (Wildman–Crippen MR) is 163 cm³/mol. The van der Waals surface area contributed by atoms with Crippen molar-refractivity contribution < 1.29 is 41.6 Å². The average molecular weight is 627 g/mol. The number of hydrogen-bond acceptors (Lipinski definition) is 9. The third-order valence-electron chi connectivity index (χ3n) is 5.77. The Bertz CT molecular complexity index is 1240. The Labute approximate surface area is 253 Å². The number of nitrogens with one attached hydrogen (secondary N) is 2. The van der Waals surface area contributed by atoms with Gasteiger partial charge in [0.15, 0.2) is 0 Å². The second-order valence-electron chi connectivity index (χ2n) is 9.60. The molecule has 42 heavy (non-hydrogen) atoms. The highest BCUT2D eigenvalue weighted by molar-refractivity contribution is 7.85. The zero-order chi connectivity index (χ0) is 31.7. The van der Waals surface area contributed by atoms with Crippen molar-refractivity contribution in [2.24, 2.45) is 5.92 Å². The number of anilines is 1. The zero-order valence-corrected chi connectivity index (χ0v) is 26.4. The van der Waals surface area contributed by atoms with Crippen LogP contribution in [0.1, 0.15) is 52.0 Å². The van der Waals surface area contributed by atoms with Gasteiger partial charge in [-0.05, 0) is 55.7 Å². The van der Waals surface area contributed by atoms with E-state index < -0.39 is 28.4 Å². The Morgan fingerprint density at radius 1 is 1.05 bits per heavy atom. The van der Waals surface area contributed by atoms with Gasteiger partial charge in [-0.15, -0.1) is 0 Å². The van der Waals surface area contributed by atoms with Crippen LogP contribution in [0.2, 0.25) is 0 Å². The van der Waals surface area contributed by atoms with Crippen molar-refractivity contribution in [3.05, 3.63) is 54.1 Å². The van der Waals surface area contributed by atoms with E-state index in [1.165, 1.54) is 33.1 Å². The number of aryl methyl sites for hydroxylation is 1.